The molecule has 2 rings (SSSR count). The van der Waals surface area contributed by atoms with Crippen molar-refractivity contribution in [1.29, 1.82) is 0 Å². The Labute approximate surface area is 129 Å². The van der Waals surface area contributed by atoms with Gasteiger partial charge in [0.1, 0.15) is 0 Å². The zero-order valence-corrected chi connectivity index (χ0v) is 14.0. The molecule has 1 heterocycles. The molecule has 0 aliphatic heterocycles. The molecule has 7 heteroatoms. The Hall–Kier alpha value is -1.40. The number of nitrogens with zero attached hydrogens (tertiary/aromatic N) is 3. The minimum Gasteiger partial charge on any atom is -0.291 e. The molecule has 0 radical (unpaired) electrons. The number of aromatic nitrogens is 3. The highest BCUT2D eigenvalue weighted by Crippen LogP contribution is 2.29. The van der Waals surface area contributed by atoms with Crippen molar-refractivity contribution in [3.8, 4) is 11.4 Å². The summed E-state index contributed by atoms with van der Waals surface area (Å²) < 4.78 is 24.9. The highest BCUT2D eigenvalue weighted by atomic mass is 35.7. The van der Waals surface area contributed by atoms with Crippen LogP contribution in [0.5, 0.6) is 0 Å². The molecule has 0 aliphatic rings. The summed E-state index contributed by atoms with van der Waals surface area (Å²) in [6.07, 6.45) is 0.938. The normalized spacial score (nSPS) is 12.6. The summed E-state index contributed by atoms with van der Waals surface area (Å²) in [7, 11) is 1.51. The molecule has 1 aromatic heterocycles. The van der Waals surface area contributed by atoms with Gasteiger partial charge >= 0.3 is 0 Å². The molecule has 5 nitrogen and oxygen atoms in total. The molecule has 114 valence electrons. The first-order chi connectivity index (χ1) is 9.64. The topological polar surface area (TPSA) is 64.8 Å². The molecule has 0 N–H and O–H groups in total. The molecule has 21 heavy (non-hydrogen) atoms. The summed E-state index contributed by atoms with van der Waals surface area (Å²) >= 11 is 0. The lowest BCUT2D eigenvalue weighted by atomic mass is 10.1. The monoisotopic (exact) mass is 327 g/mol. The number of benzene rings is 1. The van der Waals surface area contributed by atoms with E-state index in [4.69, 9.17) is 10.7 Å². The van der Waals surface area contributed by atoms with Crippen LogP contribution in [0.2, 0.25) is 0 Å². The van der Waals surface area contributed by atoms with Gasteiger partial charge in [0.25, 0.3) is 14.2 Å². The summed E-state index contributed by atoms with van der Waals surface area (Å²) in [4.78, 5) is 0. The standard InChI is InChI=1S/C14H18ClN3O2S/c1-5-10-6-8-11(9-7-10)12-16-17-13(21(15,19)20)18(12)14(2,3)4/h6-9H,5H2,1-4H3. The fourth-order valence-electron chi connectivity index (χ4n) is 2.11. The van der Waals surface area contributed by atoms with E-state index in [2.05, 4.69) is 17.1 Å². The highest BCUT2D eigenvalue weighted by Gasteiger charge is 2.30. The smallest absolute Gasteiger partial charge is 0.291 e. The first-order valence-electron chi connectivity index (χ1n) is 6.64. The SMILES string of the molecule is CCc1ccc(-c2nnc(S(=O)(=O)Cl)n2C(C)(C)C)cc1. The Kier molecular flexibility index (Phi) is 4.13. The Morgan fingerprint density at radius 3 is 2.14 bits per heavy atom. The van der Waals surface area contributed by atoms with Gasteiger partial charge in [-0.2, -0.15) is 0 Å². The van der Waals surface area contributed by atoms with Crippen LogP contribution in [0.25, 0.3) is 11.4 Å². The number of halogens is 1. The fraction of sp³-hybridized carbons (Fsp3) is 0.429. The molecule has 0 fully saturated rings. The van der Waals surface area contributed by atoms with Gasteiger partial charge in [0.05, 0.1) is 0 Å². The molecular weight excluding hydrogens is 310 g/mol. The van der Waals surface area contributed by atoms with E-state index in [1.54, 1.807) is 4.57 Å². The van der Waals surface area contributed by atoms with Crippen LogP contribution < -0.4 is 0 Å². The number of aryl methyl sites for hydroxylation is 1. The van der Waals surface area contributed by atoms with Crippen molar-refractivity contribution in [1.82, 2.24) is 14.8 Å². The third-order valence-electron chi connectivity index (χ3n) is 3.14. The number of hydrogen-bond donors (Lipinski definition) is 0. The zero-order chi connectivity index (χ0) is 15.8. The molecule has 0 amide bonds. The lowest BCUT2D eigenvalue weighted by Gasteiger charge is -2.24. The van der Waals surface area contributed by atoms with Crippen LogP contribution in [0, 0.1) is 0 Å². The first kappa shape index (κ1) is 16.0. The van der Waals surface area contributed by atoms with Crippen LogP contribution in [0.3, 0.4) is 0 Å². The van der Waals surface area contributed by atoms with E-state index in [1.165, 1.54) is 5.56 Å². The Bertz CT molecular complexity index is 744. The zero-order valence-electron chi connectivity index (χ0n) is 12.5. The van der Waals surface area contributed by atoms with E-state index < -0.39 is 14.6 Å². The summed E-state index contributed by atoms with van der Waals surface area (Å²) in [5.74, 6) is 0.490. The van der Waals surface area contributed by atoms with Gasteiger partial charge in [-0.25, -0.2) is 8.42 Å². The first-order valence-corrected chi connectivity index (χ1v) is 8.95. The van der Waals surface area contributed by atoms with Gasteiger partial charge < -0.3 is 0 Å². The van der Waals surface area contributed by atoms with Crippen molar-refractivity contribution >= 4 is 19.7 Å². The molecular formula is C14H18ClN3O2S. The Morgan fingerprint density at radius 2 is 1.71 bits per heavy atom. The predicted octanol–water partition coefficient (Wildman–Crippen LogP) is 3.19. The minimum atomic E-state index is -3.96. The summed E-state index contributed by atoms with van der Waals surface area (Å²) in [6, 6.07) is 7.81. The summed E-state index contributed by atoms with van der Waals surface area (Å²) in [5, 5.41) is 7.56. The number of rotatable bonds is 3. The number of hydrogen-bond acceptors (Lipinski definition) is 4. The van der Waals surface area contributed by atoms with Gasteiger partial charge in [0.15, 0.2) is 5.82 Å². The minimum absolute atomic E-state index is 0.230. The molecule has 0 unspecified atom stereocenters. The summed E-state index contributed by atoms with van der Waals surface area (Å²) in [5.41, 5.74) is 1.49. The van der Waals surface area contributed by atoms with Crippen LogP contribution in [0.15, 0.2) is 29.4 Å². The van der Waals surface area contributed by atoms with Gasteiger partial charge in [-0.05, 0) is 32.8 Å². The van der Waals surface area contributed by atoms with E-state index in [0.29, 0.717) is 5.82 Å². The van der Waals surface area contributed by atoms with E-state index in [-0.39, 0.29) is 5.16 Å². The van der Waals surface area contributed by atoms with Crippen LogP contribution >= 0.6 is 10.7 Å². The molecule has 0 saturated heterocycles. The van der Waals surface area contributed by atoms with Gasteiger partial charge in [0, 0.05) is 21.8 Å². The average Bonchev–Trinajstić information content (AvgIpc) is 2.83. The molecule has 0 aliphatic carbocycles. The van der Waals surface area contributed by atoms with Crippen LogP contribution in [-0.4, -0.2) is 23.2 Å². The van der Waals surface area contributed by atoms with Crippen molar-refractivity contribution in [3.63, 3.8) is 0 Å². The second kappa shape index (κ2) is 5.42. The lowest BCUT2D eigenvalue weighted by Crippen LogP contribution is -2.25. The third-order valence-corrected chi connectivity index (χ3v) is 4.26. The highest BCUT2D eigenvalue weighted by molar-refractivity contribution is 8.13. The fourth-order valence-corrected chi connectivity index (χ4v) is 3.13. The third kappa shape index (κ3) is 3.27. The van der Waals surface area contributed by atoms with Crippen molar-refractivity contribution in [2.75, 3.05) is 0 Å². The van der Waals surface area contributed by atoms with E-state index >= 15 is 0 Å². The van der Waals surface area contributed by atoms with Crippen molar-refractivity contribution in [3.05, 3.63) is 29.8 Å². The lowest BCUT2D eigenvalue weighted by molar-refractivity contribution is 0.367. The maximum Gasteiger partial charge on any atom is 0.296 e. The second-order valence-corrected chi connectivity index (χ2v) is 8.26. The van der Waals surface area contributed by atoms with Gasteiger partial charge in [0.2, 0.25) is 0 Å². The van der Waals surface area contributed by atoms with E-state index in [9.17, 15) is 8.42 Å². The van der Waals surface area contributed by atoms with Crippen LogP contribution in [-0.2, 0) is 21.0 Å². The summed E-state index contributed by atoms with van der Waals surface area (Å²) in [6.45, 7) is 7.72. The molecule has 0 spiro atoms. The maximum atomic E-state index is 11.7. The molecule has 0 saturated carbocycles. The molecule has 1 aromatic carbocycles. The molecule has 0 bridgehead atoms. The quantitative estimate of drug-likeness (QED) is 0.812. The Balaban J connectivity index is 2.67. The largest absolute Gasteiger partial charge is 0.296 e. The predicted molar refractivity (Wildman–Crippen MR) is 82.9 cm³/mol. The van der Waals surface area contributed by atoms with Crippen molar-refractivity contribution in [2.45, 2.75) is 44.8 Å². The van der Waals surface area contributed by atoms with Gasteiger partial charge in [-0.15, -0.1) is 10.2 Å². The van der Waals surface area contributed by atoms with Crippen molar-refractivity contribution < 1.29 is 8.42 Å². The van der Waals surface area contributed by atoms with Crippen molar-refractivity contribution in [2.24, 2.45) is 0 Å². The van der Waals surface area contributed by atoms with E-state index in [1.807, 2.05) is 45.0 Å². The van der Waals surface area contributed by atoms with Gasteiger partial charge in [-0.3, -0.25) is 4.57 Å². The molecule has 0 atom stereocenters. The van der Waals surface area contributed by atoms with E-state index in [0.717, 1.165) is 12.0 Å². The average molecular weight is 328 g/mol. The van der Waals surface area contributed by atoms with Gasteiger partial charge in [-0.1, -0.05) is 31.2 Å². The molecule has 2 aromatic rings. The van der Waals surface area contributed by atoms with Crippen LogP contribution in [0.4, 0.5) is 0 Å². The van der Waals surface area contributed by atoms with Crippen LogP contribution in [0.1, 0.15) is 33.3 Å². The Morgan fingerprint density at radius 1 is 1.14 bits per heavy atom. The second-order valence-electron chi connectivity index (χ2n) is 5.80. The maximum absolute atomic E-state index is 11.7.